The zero-order valence-electron chi connectivity index (χ0n) is 14.1. The van der Waals surface area contributed by atoms with Crippen LogP contribution in [0.4, 0.5) is 5.82 Å². The first-order valence-corrected chi connectivity index (χ1v) is 8.66. The number of piperidine rings is 1. The number of rotatable bonds is 1. The van der Waals surface area contributed by atoms with Crippen molar-refractivity contribution in [2.45, 2.75) is 25.8 Å². The van der Waals surface area contributed by atoms with E-state index in [2.05, 4.69) is 34.1 Å². The first-order chi connectivity index (χ1) is 11.7. The molecule has 3 heterocycles. The third-order valence-electron chi connectivity index (χ3n) is 5.55. The summed E-state index contributed by atoms with van der Waals surface area (Å²) in [4.78, 5) is 21.8. The third-order valence-corrected chi connectivity index (χ3v) is 5.55. The van der Waals surface area contributed by atoms with E-state index in [9.17, 15) is 4.79 Å². The topological polar surface area (TPSA) is 36.4 Å². The molecule has 1 amide bonds. The van der Waals surface area contributed by atoms with Gasteiger partial charge in [0.15, 0.2) is 0 Å². The van der Waals surface area contributed by atoms with Gasteiger partial charge in [-0.05, 0) is 42.5 Å². The van der Waals surface area contributed by atoms with E-state index in [1.165, 1.54) is 11.1 Å². The summed E-state index contributed by atoms with van der Waals surface area (Å²) in [5.41, 5.74) is 2.37. The SMILES string of the molecule is CN1Cc2ccccc2CC2(CCN(c3ccccn3)CC2)C1=O. The van der Waals surface area contributed by atoms with Gasteiger partial charge in [0.05, 0.1) is 5.41 Å². The van der Waals surface area contributed by atoms with Crippen LogP contribution < -0.4 is 4.90 Å². The number of hydrogen-bond acceptors (Lipinski definition) is 3. The minimum Gasteiger partial charge on any atom is -0.357 e. The molecule has 124 valence electrons. The van der Waals surface area contributed by atoms with Gasteiger partial charge in [-0.25, -0.2) is 4.98 Å². The monoisotopic (exact) mass is 321 g/mol. The summed E-state index contributed by atoms with van der Waals surface area (Å²) in [5, 5.41) is 0. The summed E-state index contributed by atoms with van der Waals surface area (Å²) in [6, 6.07) is 14.5. The fourth-order valence-electron chi connectivity index (χ4n) is 4.15. The Hall–Kier alpha value is -2.36. The van der Waals surface area contributed by atoms with Crippen molar-refractivity contribution in [3.05, 3.63) is 59.8 Å². The first kappa shape index (κ1) is 15.2. The number of nitrogens with zero attached hydrogens (tertiary/aromatic N) is 3. The number of anilines is 1. The second kappa shape index (κ2) is 5.93. The predicted molar refractivity (Wildman–Crippen MR) is 94.7 cm³/mol. The van der Waals surface area contributed by atoms with Crippen molar-refractivity contribution < 1.29 is 4.79 Å². The number of amides is 1. The number of carbonyl (C=O) groups excluding carboxylic acids is 1. The molecule has 4 heteroatoms. The molecule has 4 rings (SSSR count). The Kier molecular flexibility index (Phi) is 3.75. The lowest BCUT2D eigenvalue weighted by molar-refractivity contribution is -0.142. The quantitative estimate of drug-likeness (QED) is 0.810. The van der Waals surface area contributed by atoms with Crippen molar-refractivity contribution in [3.8, 4) is 0 Å². The largest absolute Gasteiger partial charge is 0.357 e. The van der Waals surface area contributed by atoms with E-state index in [-0.39, 0.29) is 5.41 Å². The van der Waals surface area contributed by atoms with Crippen LogP contribution in [0.2, 0.25) is 0 Å². The summed E-state index contributed by atoms with van der Waals surface area (Å²) in [6.45, 7) is 2.50. The van der Waals surface area contributed by atoms with Crippen LogP contribution in [0.5, 0.6) is 0 Å². The van der Waals surface area contributed by atoms with Gasteiger partial charge in [-0.15, -0.1) is 0 Å². The van der Waals surface area contributed by atoms with E-state index in [4.69, 9.17) is 0 Å². The number of benzene rings is 1. The zero-order valence-corrected chi connectivity index (χ0v) is 14.1. The highest BCUT2D eigenvalue weighted by Crippen LogP contribution is 2.40. The molecule has 2 aliphatic heterocycles. The second-order valence-electron chi connectivity index (χ2n) is 7.06. The molecule has 24 heavy (non-hydrogen) atoms. The molecule has 0 saturated carbocycles. The summed E-state index contributed by atoms with van der Waals surface area (Å²) in [6.07, 6.45) is 4.48. The van der Waals surface area contributed by atoms with Crippen molar-refractivity contribution in [3.63, 3.8) is 0 Å². The van der Waals surface area contributed by atoms with Gasteiger partial charge in [0.2, 0.25) is 5.91 Å². The van der Waals surface area contributed by atoms with Gasteiger partial charge in [0, 0.05) is 32.9 Å². The molecule has 0 N–H and O–H groups in total. The Morgan fingerprint density at radius 3 is 2.42 bits per heavy atom. The molecule has 0 bridgehead atoms. The van der Waals surface area contributed by atoms with Crippen LogP contribution in [0.1, 0.15) is 24.0 Å². The molecule has 0 atom stereocenters. The normalized spacial score (nSPS) is 20.0. The maximum Gasteiger partial charge on any atom is 0.229 e. The Morgan fingerprint density at radius 2 is 1.71 bits per heavy atom. The zero-order chi connectivity index (χ0) is 16.6. The van der Waals surface area contributed by atoms with Gasteiger partial charge < -0.3 is 9.80 Å². The van der Waals surface area contributed by atoms with Gasteiger partial charge in [-0.1, -0.05) is 30.3 Å². The Bertz CT molecular complexity index is 736. The number of carbonyl (C=O) groups is 1. The maximum atomic E-state index is 13.1. The first-order valence-electron chi connectivity index (χ1n) is 8.66. The van der Waals surface area contributed by atoms with Crippen LogP contribution in [0, 0.1) is 5.41 Å². The Morgan fingerprint density at radius 1 is 1.00 bits per heavy atom. The van der Waals surface area contributed by atoms with Crippen molar-refractivity contribution in [1.82, 2.24) is 9.88 Å². The van der Waals surface area contributed by atoms with Crippen LogP contribution >= 0.6 is 0 Å². The van der Waals surface area contributed by atoms with E-state index in [1.54, 1.807) is 0 Å². The van der Waals surface area contributed by atoms with Gasteiger partial charge in [-0.2, -0.15) is 0 Å². The lowest BCUT2D eigenvalue weighted by Crippen LogP contribution is -2.49. The highest BCUT2D eigenvalue weighted by atomic mass is 16.2. The summed E-state index contributed by atoms with van der Waals surface area (Å²) >= 11 is 0. The van der Waals surface area contributed by atoms with Crippen LogP contribution in [0.25, 0.3) is 0 Å². The van der Waals surface area contributed by atoms with Crippen LogP contribution in [-0.4, -0.2) is 35.9 Å². The molecule has 0 unspecified atom stereocenters. The van der Waals surface area contributed by atoms with Crippen LogP contribution in [0.3, 0.4) is 0 Å². The predicted octanol–water partition coefficient (Wildman–Crippen LogP) is 2.88. The molecule has 0 radical (unpaired) electrons. The molecular formula is C20H23N3O. The van der Waals surface area contributed by atoms with Gasteiger partial charge in [0.1, 0.15) is 5.82 Å². The van der Waals surface area contributed by atoms with E-state index >= 15 is 0 Å². The molecule has 2 aliphatic rings. The van der Waals surface area contributed by atoms with Crippen molar-refractivity contribution in [2.24, 2.45) is 5.41 Å². The molecule has 1 aromatic heterocycles. The fraction of sp³-hybridized carbons (Fsp3) is 0.400. The van der Waals surface area contributed by atoms with E-state index in [0.717, 1.165) is 44.7 Å². The highest BCUT2D eigenvalue weighted by Gasteiger charge is 2.44. The molecule has 1 saturated heterocycles. The molecule has 1 fully saturated rings. The number of fused-ring (bicyclic) bond motifs is 1. The van der Waals surface area contributed by atoms with E-state index in [1.807, 2.05) is 36.3 Å². The smallest absolute Gasteiger partial charge is 0.229 e. The Labute approximate surface area is 143 Å². The number of hydrogen-bond donors (Lipinski definition) is 0. The van der Waals surface area contributed by atoms with Crippen LogP contribution in [-0.2, 0) is 17.8 Å². The average Bonchev–Trinajstić information content (AvgIpc) is 2.73. The third kappa shape index (κ3) is 2.56. The van der Waals surface area contributed by atoms with Crippen molar-refractivity contribution >= 4 is 11.7 Å². The van der Waals surface area contributed by atoms with Crippen molar-refractivity contribution in [2.75, 3.05) is 25.0 Å². The molecule has 2 aromatic rings. The molecule has 1 spiro atoms. The van der Waals surface area contributed by atoms with Gasteiger partial charge in [0.25, 0.3) is 0 Å². The van der Waals surface area contributed by atoms with Gasteiger partial charge in [-0.3, -0.25) is 4.79 Å². The summed E-state index contributed by atoms with van der Waals surface area (Å²) in [5.74, 6) is 1.32. The van der Waals surface area contributed by atoms with E-state index in [0.29, 0.717) is 5.91 Å². The Balaban J connectivity index is 1.60. The minimum absolute atomic E-state index is 0.257. The fourth-order valence-corrected chi connectivity index (χ4v) is 4.15. The molecule has 1 aromatic carbocycles. The standard InChI is InChI=1S/C20H23N3O/c1-22-15-17-7-3-2-6-16(17)14-20(19(22)24)9-12-23(13-10-20)18-8-4-5-11-21-18/h2-8,11H,9-10,12-15H2,1H3. The molecular weight excluding hydrogens is 298 g/mol. The number of pyridine rings is 1. The maximum absolute atomic E-state index is 13.1. The van der Waals surface area contributed by atoms with Crippen molar-refractivity contribution in [1.29, 1.82) is 0 Å². The lowest BCUT2D eigenvalue weighted by atomic mass is 9.73. The summed E-state index contributed by atoms with van der Waals surface area (Å²) in [7, 11) is 1.94. The average molecular weight is 321 g/mol. The molecule has 0 aliphatic carbocycles. The van der Waals surface area contributed by atoms with Crippen LogP contribution in [0.15, 0.2) is 48.7 Å². The second-order valence-corrected chi connectivity index (χ2v) is 7.06. The minimum atomic E-state index is -0.257. The number of aromatic nitrogens is 1. The summed E-state index contributed by atoms with van der Waals surface area (Å²) < 4.78 is 0. The molecule has 4 nitrogen and oxygen atoms in total. The van der Waals surface area contributed by atoms with Gasteiger partial charge >= 0.3 is 0 Å². The highest BCUT2D eigenvalue weighted by molar-refractivity contribution is 5.84. The lowest BCUT2D eigenvalue weighted by Gasteiger charge is -2.41. The van der Waals surface area contributed by atoms with E-state index < -0.39 is 0 Å².